The van der Waals surface area contributed by atoms with E-state index in [2.05, 4.69) is 179 Å². The second-order valence-electron chi connectivity index (χ2n) is 20.2. The molecule has 0 aromatic carbocycles. The number of allylic oxidation sites excluding steroid dienone is 26. The van der Waals surface area contributed by atoms with E-state index in [9.17, 15) is 14.4 Å². The number of unbranched alkanes of at least 4 members (excludes halogenated alkanes) is 18. The van der Waals surface area contributed by atoms with Crippen molar-refractivity contribution in [2.24, 2.45) is 0 Å². The summed E-state index contributed by atoms with van der Waals surface area (Å²) in [7, 11) is 0. The van der Waals surface area contributed by atoms with Crippen LogP contribution >= 0.6 is 0 Å². The van der Waals surface area contributed by atoms with Crippen LogP contribution in [0.5, 0.6) is 0 Å². The van der Waals surface area contributed by atoms with Gasteiger partial charge < -0.3 is 14.2 Å². The van der Waals surface area contributed by atoms with Crippen molar-refractivity contribution in [1.82, 2.24) is 0 Å². The predicted octanol–water partition coefficient (Wildman–Crippen LogP) is 21.7. The topological polar surface area (TPSA) is 78.9 Å². The van der Waals surface area contributed by atoms with Gasteiger partial charge in [-0.1, -0.05) is 269 Å². The molecule has 1 unspecified atom stereocenters. The van der Waals surface area contributed by atoms with E-state index in [0.717, 1.165) is 173 Å². The van der Waals surface area contributed by atoms with Crippen LogP contribution in [0.1, 0.15) is 258 Å². The zero-order valence-corrected chi connectivity index (χ0v) is 50.1. The molecule has 6 heteroatoms. The van der Waals surface area contributed by atoms with Crippen LogP contribution in [0.4, 0.5) is 0 Å². The van der Waals surface area contributed by atoms with E-state index in [1.807, 2.05) is 0 Å². The molecule has 0 spiro atoms. The molecule has 0 rings (SSSR count). The van der Waals surface area contributed by atoms with Gasteiger partial charge in [0.1, 0.15) is 13.2 Å². The quantitative estimate of drug-likeness (QED) is 0.0261. The molecule has 0 aromatic rings. The highest BCUT2D eigenvalue weighted by Crippen LogP contribution is 2.14. The standard InChI is InChI=1S/C72H114O6/c1-4-7-10-13-16-19-21-23-25-27-29-31-32-33-34-35-36-37-38-39-40-42-43-45-47-49-51-53-56-59-62-65-71(74)77-68-69(67-76-70(73)64-61-58-55-18-15-12-9-6-3)78-72(75)66-63-60-57-54-52-50-48-46-44-41-30-28-26-24-22-20-17-14-11-8-5-2/h7-8,10-11,16-17,19-20,23-26,29-31,33-34,36-37,39-41,43,45-46,48,69H,4-6,9,12-15,18,21-22,27-28,32,35,38,42,44,47,49-68H2,1-3H3/b10-7-,11-8-,19-16-,20-17-,25-23-,26-24-,31-29-,34-33-,37-36-,40-39-,41-30-,45-43-,48-46-. The first-order chi connectivity index (χ1) is 38.5. The van der Waals surface area contributed by atoms with Crippen LogP contribution in [0.2, 0.25) is 0 Å². The molecule has 6 nitrogen and oxygen atoms in total. The van der Waals surface area contributed by atoms with Gasteiger partial charge in [0.05, 0.1) is 0 Å². The number of hydrogen-bond donors (Lipinski definition) is 0. The van der Waals surface area contributed by atoms with Crippen molar-refractivity contribution in [3.05, 3.63) is 158 Å². The van der Waals surface area contributed by atoms with Crippen molar-refractivity contribution in [2.45, 2.75) is 264 Å². The summed E-state index contributed by atoms with van der Waals surface area (Å²) >= 11 is 0. The Bertz CT molecular complexity index is 1760. The second kappa shape index (κ2) is 64.6. The summed E-state index contributed by atoms with van der Waals surface area (Å²) in [6, 6.07) is 0. The van der Waals surface area contributed by atoms with Crippen LogP contribution in [0.25, 0.3) is 0 Å². The third kappa shape index (κ3) is 61.9. The van der Waals surface area contributed by atoms with E-state index in [0.29, 0.717) is 19.3 Å². The number of esters is 3. The van der Waals surface area contributed by atoms with Crippen molar-refractivity contribution in [2.75, 3.05) is 13.2 Å². The molecular weight excluding hydrogens is 961 g/mol. The molecule has 0 fully saturated rings. The van der Waals surface area contributed by atoms with Gasteiger partial charge in [0, 0.05) is 19.3 Å². The van der Waals surface area contributed by atoms with Crippen LogP contribution in [0, 0.1) is 0 Å². The minimum absolute atomic E-state index is 0.0956. The summed E-state index contributed by atoms with van der Waals surface area (Å²) in [5, 5.41) is 0. The maximum Gasteiger partial charge on any atom is 0.306 e. The lowest BCUT2D eigenvalue weighted by atomic mass is 10.1. The summed E-state index contributed by atoms with van der Waals surface area (Å²) in [6.45, 7) is 6.34. The highest BCUT2D eigenvalue weighted by molar-refractivity contribution is 5.71. The fourth-order valence-electron chi connectivity index (χ4n) is 8.13. The van der Waals surface area contributed by atoms with E-state index in [1.54, 1.807) is 0 Å². The van der Waals surface area contributed by atoms with Crippen molar-refractivity contribution in [1.29, 1.82) is 0 Å². The van der Waals surface area contributed by atoms with Gasteiger partial charge in [0.2, 0.25) is 0 Å². The summed E-state index contributed by atoms with van der Waals surface area (Å²) in [5.41, 5.74) is 0. The van der Waals surface area contributed by atoms with Crippen molar-refractivity contribution >= 4 is 17.9 Å². The number of ether oxygens (including phenoxy) is 3. The lowest BCUT2D eigenvalue weighted by Gasteiger charge is -2.18. The molecule has 0 bridgehead atoms. The van der Waals surface area contributed by atoms with E-state index in [4.69, 9.17) is 14.2 Å². The maximum atomic E-state index is 12.9. The molecule has 0 saturated heterocycles. The molecule has 0 N–H and O–H groups in total. The number of carbonyl (C=O) groups is 3. The molecule has 0 aromatic heterocycles. The van der Waals surface area contributed by atoms with Crippen LogP contribution < -0.4 is 0 Å². The van der Waals surface area contributed by atoms with Crippen LogP contribution in [0.15, 0.2) is 158 Å². The Morgan fingerprint density at radius 2 is 0.500 bits per heavy atom. The zero-order valence-electron chi connectivity index (χ0n) is 50.1. The fraction of sp³-hybridized carbons (Fsp3) is 0.597. The van der Waals surface area contributed by atoms with Gasteiger partial charge in [-0.05, 0) is 128 Å². The van der Waals surface area contributed by atoms with Crippen LogP contribution in [-0.2, 0) is 28.6 Å². The molecule has 0 amide bonds. The molecule has 0 aliphatic rings. The van der Waals surface area contributed by atoms with E-state index in [-0.39, 0.29) is 31.1 Å². The molecule has 0 aliphatic carbocycles. The Hall–Kier alpha value is -4.97. The summed E-state index contributed by atoms with van der Waals surface area (Å²) in [6.07, 6.45) is 94.0. The third-order valence-electron chi connectivity index (χ3n) is 12.8. The molecule has 78 heavy (non-hydrogen) atoms. The SMILES string of the molecule is CC/C=C\C/C=C\C/C=C\C/C=C\C/C=C\C/C=C\C/C=C\C/C=C\CCCCCCCCC(=O)OCC(COC(=O)CCCCCCCCCC)OC(=O)CCCCCCC/C=C\C/C=C\C/C=C\C/C=C\C/C=C\CC. The first-order valence-electron chi connectivity index (χ1n) is 31.5. The first-order valence-corrected chi connectivity index (χ1v) is 31.5. The van der Waals surface area contributed by atoms with E-state index < -0.39 is 6.10 Å². The Morgan fingerprint density at radius 3 is 0.782 bits per heavy atom. The lowest BCUT2D eigenvalue weighted by molar-refractivity contribution is -0.167. The molecule has 0 heterocycles. The van der Waals surface area contributed by atoms with Gasteiger partial charge in [-0.15, -0.1) is 0 Å². The van der Waals surface area contributed by atoms with Gasteiger partial charge in [-0.3, -0.25) is 14.4 Å². The highest BCUT2D eigenvalue weighted by Gasteiger charge is 2.19. The zero-order chi connectivity index (χ0) is 56.4. The Labute approximate surface area is 480 Å². The van der Waals surface area contributed by atoms with Crippen molar-refractivity contribution in [3.63, 3.8) is 0 Å². The van der Waals surface area contributed by atoms with Crippen molar-refractivity contribution < 1.29 is 28.6 Å². The molecule has 0 aliphatic heterocycles. The minimum atomic E-state index is -0.800. The van der Waals surface area contributed by atoms with Crippen LogP contribution in [0.3, 0.4) is 0 Å². The smallest absolute Gasteiger partial charge is 0.306 e. The van der Waals surface area contributed by atoms with Crippen LogP contribution in [-0.4, -0.2) is 37.2 Å². The van der Waals surface area contributed by atoms with Gasteiger partial charge >= 0.3 is 17.9 Å². The third-order valence-corrected chi connectivity index (χ3v) is 12.8. The maximum absolute atomic E-state index is 12.9. The summed E-state index contributed by atoms with van der Waals surface area (Å²) in [4.78, 5) is 38.1. The lowest BCUT2D eigenvalue weighted by Crippen LogP contribution is -2.30. The predicted molar refractivity (Wildman–Crippen MR) is 338 cm³/mol. The Kier molecular flexibility index (Phi) is 60.4. The Balaban J connectivity index is 4.29. The average molecular weight is 1080 g/mol. The second-order valence-corrected chi connectivity index (χ2v) is 20.2. The van der Waals surface area contributed by atoms with E-state index in [1.165, 1.54) is 44.9 Å². The van der Waals surface area contributed by atoms with Crippen molar-refractivity contribution in [3.8, 4) is 0 Å². The normalized spacial score (nSPS) is 13.2. The number of rotatable bonds is 55. The largest absolute Gasteiger partial charge is 0.462 e. The molecule has 0 radical (unpaired) electrons. The minimum Gasteiger partial charge on any atom is -0.462 e. The number of hydrogen-bond acceptors (Lipinski definition) is 6. The molecule has 0 saturated carbocycles. The molecular formula is C72H114O6. The van der Waals surface area contributed by atoms with Gasteiger partial charge in [-0.25, -0.2) is 0 Å². The average Bonchev–Trinajstić information content (AvgIpc) is 3.44. The van der Waals surface area contributed by atoms with Gasteiger partial charge in [0.25, 0.3) is 0 Å². The summed E-state index contributed by atoms with van der Waals surface area (Å²) < 4.78 is 16.8. The van der Waals surface area contributed by atoms with Gasteiger partial charge in [-0.2, -0.15) is 0 Å². The molecule has 438 valence electrons. The summed E-state index contributed by atoms with van der Waals surface area (Å²) in [5.74, 6) is -0.939. The Morgan fingerprint density at radius 1 is 0.269 bits per heavy atom. The monoisotopic (exact) mass is 1070 g/mol. The first kappa shape index (κ1) is 73.0. The molecule has 1 atom stereocenters. The van der Waals surface area contributed by atoms with Gasteiger partial charge in [0.15, 0.2) is 6.10 Å². The fourth-order valence-corrected chi connectivity index (χ4v) is 8.13. The number of carbonyl (C=O) groups excluding carboxylic acids is 3. The van der Waals surface area contributed by atoms with E-state index >= 15 is 0 Å². The highest BCUT2D eigenvalue weighted by atomic mass is 16.6.